The molecule has 10 heteroatoms. The number of aliphatic hydroxyl groups excluding tert-OH is 1. The van der Waals surface area contributed by atoms with Gasteiger partial charge < -0.3 is 20.3 Å². The van der Waals surface area contributed by atoms with Gasteiger partial charge in [0.25, 0.3) is 0 Å². The van der Waals surface area contributed by atoms with Crippen molar-refractivity contribution in [2.24, 2.45) is 23.2 Å². The van der Waals surface area contributed by atoms with E-state index >= 15 is 0 Å². The third-order valence-electron chi connectivity index (χ3n) is 3.94. The van der Waals surface area contributed by atoms with Crippen molar-refractivity contribution in [1.82, 2.24) is 19.5 Å². The number of carbonyl (C=O) groups excluding carboxylic acids is 1. The van der Waals surface area contributed by atoms with Crippen LogP contribution in [0.2, 0.25) is 0 Å². The maximum atomic E-state index is 12.1. The summed E-state index contributed by atoms with van der Waals surface area (Å²) in [6.07, 6.45) is 1.45. The Morgan fingerprint density at radius 1 is 1.25 bits per heavy atom. The molecule has 28 heavy (non-hydrogen) atoms. The fourth-order valence-electron chi connectivity index (χ4n) is 2.38. The maximum absolute atomic E-state index is 12.1. The zero-order valence-corrected chi connectivity index (χ0v) is 15.9. The van der Waals surface area contributed by atoms with Crippen LogP contribution in [0.15, 0.2) is 40.7 Å². The van der Waals surface area contributed by atoms with E-state index in [1.165, 1.54) is 6.20 Å². The highest BCUT2D eigenvalue weighted by molar-refractivity contribution is 5.93. The summed E-state index contributed by atoms with van der Waals surface area (Å²) in [4.78, 5) is 25.0. The number of aromatic nitrogens is 4. The molecule has 0 aliphatic rings. The molecule has 0 atom stereocenters. The highest BCUT2D eigenvalue weighted by Gasteiger charge is 2.14. The number of carbonyl (C=O) groups is 1. The normalized spacial score (nSPS) is 11.5. The van der Waals surface area contributed by atoms with Crippen LogP contribution in [-0.4, -0.2) is 43.7 Å². The van der Waals surface area contributed by atoms with Gasteiger partial charge in [0.05, 0.1) is 23.8 Å². The first-order chi connectivity index (χ1) is 13.5. The number of anilines is 2. The first-order valence-electron chi connectivity index (χ1n) is 8.85. The molecule has 1 amide bonds. The van der Waals surface area contributed by atoms with Crippen LogP contribution in [-0.2, 0) is 11.8 Å². The molecule has 3 aromatic rings. The van der Waals surface area contributed by atoms with Crippen molar-refractivity contribution in [2.75, 3.05) is 23.8 Å². The van der Waals surface area contributed by atoms with Crippen molar-refractivity contribution < 1.29 is 9.90 Å². The Balaban J connectivity index is 1.93. The third-order valence-corrected chi connectivity index (χ3v) is 3.94. The van der Waals surface area contributed by atoms with Gasteiger partial charge in [0.15, 0.2) is 5.82 Å². The SMILES string of the molecule is CC(C)C(=O)Nc1nc(NCCO)ncc1N=Nc1nc2ccccc2n1C. The number of azo groups is 1. The Kier molecular flexibility index (Phi) is 5.90. The van der Waals surface area contributed by atoms with Gasteiger partial charge in [-0.05, 0) is 12.1 Å². The molecule has 146 valence electrons. The number of imidazole rings is 1. The maximum Gasteiger partial charge on any atom is 0.250 e. The molecule has 0 saturated carbocycles. The summed E-state index contributed by atoms with van der Waals surface area (Å²) in [6, 6.07) is 7.67. The predicted molar refractivity (Wildman–Crippen MR) is 106 cm³/mol. The summed E-state index contributed by atoms with van der Waals surface area (Å²) in [5.74, 6) is 0.496. The second kappa shape index (κ2) is 8.53. The minimum atomic E-state index is -0.228. The molecule has 0 spiro atoms. The van der Waals surface area contributed by atoms with Gasteiger partial charge in [0.1, 0.15) is 5.69 Å². The van der Waals surface area contributed by atoms with E-state index in [9.17, 15) is 4.79 Å². The van der Waals surface area contributed by atoms with Crippen LogP contribution in [0.3, 0.4) is 0 Å². The van der Waals surface area contributed by atoms with Crippen LogP contribution in [0, 0.1) is 5.92 Å². The number of hydrogen-bond acceptors (Lipinski definition) is 8. The molecular formula is C18H22N8O2. The largest absolute Gasteiger partial charge is 0.395 e. The van der Waals surface area contributed by atoms with Gasteiger partial charge in [-0.2, -0.15) is 4.98 Å². The lowest BCUT2D eigenvalue weighted by molar-refractivity contribution is -0.118. The molecule has 1 aromatic carbocycles. The summed E-state index contributed by atoms with van der Waals surface area (Å²) in [5.41, 5.74) is 2.05. The van der Waals surface area contributed by atoms with Crippen molar-refractivity contribution in [1.29, 1.82) is 0 Å². The van der Waals surface area contributed by atoms with Gasteiger partial charge in [-0.25, -0.2) is 9.97 Å². The van der Waals surface area contributed by atoms with Crippen molar-refractivity contribution in [3.05, 3.63) is 30.5 Å². The number of benzene rings is 1. The lowest BCUT2D eigenvalue weighted by Gasteiger charge is -2.10. The number of hydrogen-bond donors (Lipinski definition) is 3. The highest BCUT2D eigenvalue weighted by atomic mass is 16.3. The van der Waals surface area contributed by atoms with Crippen molar-refractivity contribution in [3.63, 3.8) is 0 Å². The minimum absolute atomic E-state index is 0.0643. The molecular weight excluding hydrogens is 360 g/mol. The van der Waals surface area contributed by atoms with Crippen molar-refractivity contribution in [2.45, 2.75) is 13.8 Å². The van der Waals surface area contributed by atoms with E-state index in [0.29, 0.717) is 11.6 Å². The fraction of sp³-hybridized carbons (Fsp3) is 0.333. The zero-order chi connectivity index (χ0) is 20.1. The summed E-state index contributed by atoms with van der Waals surface area (Å²) in [6.45, 7) is 3.79. The number of nitrogens with one attached hydrogen (secondary N) is 2. The topological polar surface area (TPSA) is 130 Å². The monoisotopic (exact) mass is 382 g/mol. The number of para-hydroxylation sites is 2. The van der Waals surface area contributed by atoms with E-state index in [4.69, 9.17) is 5.11 Å². The Morgan fingerprint density at radius 3 is 2.75 bits per heavy atom. The smallest absolute Gasteiger partial charge is 0.250 e. The van der Waals surface area contributed by atoms with E-state index in [-0.39, 0.29) is 36.7 Å². The first-order valence-corrected chi connectivity index (χ1v) is 8.85. The molecule has 0 aliphatic heterocycles. The Bertz CT molecular complexity index is 1010. The molecule has 2 aromatic heterocycles. The van der Waals surface area contributed by atoms with E-state index < -0.39 is 0 Å². The van der Waals surface area contributed by atoms with Gasteiger partial charge in [0, 0.05) is 19.5 Å². The van der Waals surface area contributed by atoms with Crippen LogP contribution in [0.25, 0.3) is 11.0 Å². The predicted octanol–water partition coefficient (Wildman–Crippen LogP) is 2.78. The molecule has 0 unspecified atom stereocenters. The fourth-order valence-corrected chi connectivity index (χ4v) is 2.38. The average Bonchev–Trinajstić information content (AvgIpc) is 3.01. The van der Waals surface area contributed by atoms with E-state index in [2.05, 4.69) is 35.8 Å². The molecule has 3 N–H and O–H groups in total. The summed E-state index contributed by atoms with van der Waals surface area (Å²) >= 11 is 0. The molecule has 0 bridgehead atoms. The standard InChI is InChI=1S/C18H22N8O2/c1-11(2)16(28)22-15-13(10-20-17(23-15)19-8-9-27)24-25-18-21-12-6-4-5-7-14(12)26(18)3/h4-7,10-11,27H,8-9H2,1-3H3,(H2,19,20,22,23,28). The Labute approximate surface area is 161 Å². The van der Waals surface area contributed by atoms with Crippen LogP contribution in [0.4, 0.5) is 23.4 Å². The number of aryl methyl sites for hydroxylation is 1. The molecule has 3 rings (SSSR count). The van der Waals surface area contributed by atoms with Crippen LogP contribution < -0.4 is 10.6 Å². The Hall–Kier alpha value is -3.40. The third kappa shape index (κ3) is 4.29. The molecule has 0 saturated heterocycles. The van der Waals surface area contributed by atoms with Crippen molar-refractivity contribution in [3.8, 4) is 0 Å². The number of aliphatic hydroxyl groups is 1. The molecule has 0 aliphatic carbocycles. The number of fused-ring (bicyclic) bond motifs is 1. The van der Waals surface area contributed by atoms with E-state index in [0.717, 1.165) is 11.0 Å². The van der Waals surface area contributed by atoms with Gasteiger partial charge in [-0.3, -0.25) is 4.79 Å². The second-order valence-corrected chi connectivity index (χ2v) is 6.38. The van der Waals surface area contributed by atoms with Gasteiger partial charge in [0.2, 0.25) is 17.8 Å². The zero-order valence-electron chi connectivity index (χ0n) is 15.9. The van der Waals surface area contributed by atoms with E-state index in [1.807, 2.05) is 35.9 Å². The van der Waals surface area contributed by atoms with Crippen LogP contribution in [0.1, 0.15) is 13.8 Å². The number of amides is 1. The molecule has 0 radical (unpaired) electrons. The van der Waals surface area contributed by atoms with Crippen LogP contribution in [0.5, 0.6) is 0 Å². The molecule has 2 heterocycles. The average molecular weight is 382 g/mol. The summed E-state index contributed by atoms with van der Waals surface area (Å²) in [7, 11) is 1.85. The van der Waals surface area contributed by atoms with Crippen LogP contribution >= 0.6 is 0 Å². The van der Waals surface area contributed by atoms with Crippen molar-refractivity contribution >= 4 is 40.3 Å². The quantitative estimate of drug-likeness (QED) is 0.539. The second-order valence-electron chi connectivity index (χ2n) is 6.38. The molecule has 10 nitrogen and oxygen atoms in total. The van der Waals surface area contributed by atoms with Gasteiger partial charge >= 0.3 is 0 Å². The number of nitrogens with zero attached hydrogens (tertiary/aromatic N) is 6. The Morgan fingerprint density at radius 2 is 2.04 bits per heavy atom. The summed E-state index contributed by atoms with van der Waals surface area (Å²) < 4.78 is 1.82. The number of rotatable bonds is 7. The van der Waals surface area contributed by atoms with Gasteiger partial charge in [-0.15, -0.1) is 10.2 Å². The van der Waals surface area contributed by atoms with Gasteiger partial charge in [-0.1, -0.05) is 26.0 Å². The highest BCUT2D eigenvalue weighted by Crippen LogP contribution is 2.27. The van der Waals surface area contributed by atoms with E-state index in [1.54, 1.807) is 13.8 Å². The lowest BCUT2D eigenvalue weighted by Crippen LogP contribution is -2.19. The lowest BCUT2D eigenvalue weighted by atomic mass is 10.2. The minimum Gasteiger partial charge on any atom is -0.395 e. The molecule has 0 fully saturated rings. The summed E-state index contributed by atoms with van der Waals surface area (Å²) in [5, 5.41) is 22.9. The first kappa shape index (κ1) is 19.4.